The van der Waals surface area contributed by atoms with E-state index in [9.17, 15) is 4.79 Å². The Kier molecular flexibility index (Phi) is 5.32. The first kappa shape index (κ1) is 17.7. The quantitative estimate of drug-likeness (QED) is 0.663. The highest BCUT2D eigenvalue weighted by atomic mass is 16.1. The minimum atomic E-state index is -0.175. The monoisotopic (exact) mass is 345 g/mol. The summed E-state index contributed by atoms with van der Waals surface area (Å²) in [6.07, 6.45) is 4.24. The summed E-state index contributed by atoms with van der Waals surface area (Å²) < 4.78 is 0. The molecule has 26 heavy (non-hydrogen) atoms. The molecule has 0 saturated heterocycles. The van der Waals surface area contributed by atoms with Crippen molar-refractivity contribution in [1.29, 1.82) is 0 Å². The lowest BCUT2D eigenvalue weighted by molar-refractivity contribution is 0.102. The van der Waals surface area contributed by atoms with E-state index in [1.54, 1.807) is 12.4 Å². The van der Waals surface area contributed by atoms with Gasteiger partial charge in [-0.15, -0.1) is 0 Å². The number of rotatable bonds is 5. The number of nitrogens with zero attached hydrogens (tertiary/aromatic N) is 1. The molecule has 4 nitrogen and oxygen atoms in total. The Morgan fingerprint density at radius 2 is 1.77 bits per heavy atom. The van der Waals surface area contributed by atoms with E-state index < -0.39 is 0 Å². The molecule has 0 atom stereocenters. The molecule has 132 valence electrons. The minimum absolute atomic E-state index is 0.175. The molecule has 1 amide bonds. The summed E-state index contributed by atoms with van der Waals surface area (Å²) in [5.41, 5.74) is 6.71. The summed E-state index contributed by atoms with van der Waals surface area (Å²) in [6.45, 7) is 6.22. The maximum atomic E-state index is 12.5. The van der Waals surface area contributed by atoms with Crippen LogP contribution in [0, 0.1) is 13.8 Å². The van der Waals surface area contributed by atoms with Crippen molar-refractivity contribution in [3.63, 3.8) is 0 Å². The molecule has 0 bridgehead atoms. The first-order chi connectivity index (χ1) is 12.6. The zero-order valence-electron chi connectivity index (χ0n) is 15.3. The van der Waals surface area contributed by atoms with Crippen molar-refractivity contribution >= 4 is 23.0 Å². The average Bonchev–Trinajstić information content (AvgIpc) is 2.65. The number of nitrogens with one attached hydrogen (secondary N) is 2. The molecule has 3 rings (SSSR count). The molecule has 0 aliphatic rings. The number of para-hydroxylation sites is 1. The van der Waals surface area contributed by atoms with Crippen molar-refractivity contribution in [3.8, 4) is 0 Å². The van der Waals surface area contributed by atoms with Crippen molar-refractivity contribution < 1.29 is 4.79 Å². The first-order valence-electron chi connectivity index (χ1n) is 8.75. The fourth-order valence-corrected chi connectivity index (χ4v) is 2.82. The van der Waals surface area contributed by atoms with Gasteiger partial charge >= 0.3 is 0 Å². The summed E-state index contributed by atoms with van der Waals surface area (Å²) in [4.78, 5) is 16.7. The van der Waals surface area contributed by atoms with Crippen LogP contribution in [-0.2, 0) is 6.42 Å². The van der Waals surface area contributed by atoms with Gasteiger partial charge in [-0.05, 0) is 49.6 Å². The van der Waals surface area contributed by atoms with Crippen LogP contribution in [0.4, 0.5) is 17.1 Å². The number of carbonyl (C=O) groups is 1. The van der Waals surface area contributed by atoms with Crippen LogP contribution >= 0.6 is 0 Å². The van der Waals surface area contributed by atoms with Gasteiger partial charge in [-0.3, -0.25) is 9.78 Å². The normalized spacial score (nSPS) is 10.4. The van der Waals surface area contributed by atoms with Gasteiger partial charge < -0.3 is 10.6 Å². The van der Waals surface area contributed by atoms with Crippen LogP contribution in [0.2, 0.25) is 0 Å². The van der Waals surface area contributed by atoms with Crippen LogP contribution in [0.5, 0.6) is 0 Å². The van der Waals surface area contributed by atoms with Crippen molar-refractivity contribution in [2.24, 2.45) is 0 Å². The number of pyridine rings is 1. The molecule has 1 heterocycles. The Labute approximate surface area is 154 Å². The Morgan fingerprint density at radius 1 is 1.00 bits per heavy atom. The molecule has 0 saturated carbocycles. The average molecular weight is 345 g/mol. The number of hydrogen-bond donors (Lipinski definition) is 2. The van der Waals surface area contributed by atoms with Gasteiger partial charge in [-0.2, -0.15) is 0 Å². The second kappa shape index (κ2) is 7.83. The summed E-state index contributed by atoms with van der Waals surface area (Å²) in [5.74, 6) is -0.175. The maximum Gasteiger partial charge on any atom is 0.257 e. The Bertz CT molecular complexity index is 917. The van der Waals surface area contributed by atoms with E-state index in [-0.39, 0.29) is 5.91 Å². The van der Waals surface area contributed by atoms with Crippen LogP contribution in [-0.4, -0.2) is 10.9 Å². The van der Waals surface area contributed by atoms with Gasteiger partial charge in [-0.25, -0.2) is 0 Å². The molecule has 0 unspecified atom stereocenters. The van der Waals surface area contributed by atoms with Crippen LogP contribution in [0.3, 0.4) is 0 Å². The smallest absolute Gasteiger partial charge is 0.257 e. The summed E-state index contributed by atoms with van der Waals surface area (Å²) >= 11 is 0. The molecule has 0 fully saturated rings. The predicted molar refractivity (Wildman–Crippen MR) is 107 cm³/mol. The Hall–Kier alpha value is -3.14. The van der Waals surface area contributed by atoms with Crippen LogP contribution in [0.15, 0.2) is 60.9 Å². The molecule has 0 aliphatic heterocycles. The van der Waals surface area contributed by atoms with Gasteiger partial charge in [0.2, 0.25) is 0 Å². The van der Waals surface area contributed by atoms with Crippen molar-refractivity contribution in [2.75, 3.05) is 10.6 Å². The van der Waals surface area contributed by atoms with Crippen LogP contribution in [0.25, 0.3) is 0 Å². The zero-order chi connectivity index (χ0) is 18.5. The van der Waals surface area contributed by atoms with E-state index >= 15 is 0 Å². The molecule has 0 spiro atoms. The molecule has 4 heteroatoms. The highest BCUT2D eigenvalue weighted by Gasteiger charge is 2.10. The Morgan fingerprint density at radius 3 is 2.50 bits per heavy atom. The molecule has 0 radical (unpaired) electrons. The highest BCUT2D eigenvalue weighted by Crippen LogP contribution is 2.25. The topological polar surface area (TPSA) is 54.0 Å². The van der Waals surface area contributed by atoms with Gasteiger partial charge in [0.25, 0.3) is 5.91 Å². The zero-order valence-corrected chi connectivity index (χ0v) is 15.3. The van der Waals surface area contributed by atoms with E-state index in [0.29, 0.717) is 5.56 Å². The fraction of sp³-hybridized carbons (Fsp3) is 0.182. The van der Waals surface area contributed by atoms with E-state index in [1.165, 1.54) is 11.1 Å². The van der Waals surface area contributed by atoms with E-state index in [1.807, 2.05) is 37.3 Å². The number of hydrogen-bond acceptors (Lipinski definition) is 3. The molecular formula is C22H23N3O. The lowest BCUT2D eigenvalue weighted by Gasteiger charge is -2.14. The number of benzene rings is 2. The number of anilines is 3. The van der Waals surface area contributed by atoms with Crippen molar-refractivity contribution in [1.82, 2.24) is 4.98 Å². The number of carbonyl (C=O) groups excluding carboxylic acids is 1. The van der Waals surface area contributed by atoms with Crippen molar-refractivity contribution in [2.45, 2.75) is 27.2 Å². The second-order valence-corrected chi connectivity index (χ2v) is 6.37. The standard InChI is InChI=1S/C22H23N3O/c1-4-17-7-5-6-16(3)21(17)24-20-12-18(13-23-14-20)22(26)25-19-10-8-15(2)9-11-19/h5-14,24H,4H2,1-3H3,(H,25,26). The third kappa shape index (κ3) is 4.09. The number of aryl methyl sites for hydroxylation is 3. The lowest BCUT2D eigenvalue weighted by Crippen LogP contribution is -2.12. The molecular weight excluding hydrogens is 322 g/mol. The van der Waals surface area contributed by atoms with E-state index in [2.05, 4.69) is 47.7 Å². The summed E-state index contributed by atoms with van der Waals surface area (Å²) in [5, 5.41) is 6.32. The highest BCUT2D eigenvalue weighted by molar-refractivity contribution is 6.04. The van der Waals surface area contributed by atoms with Gasteiger partial charge in [0.05, 0.1) is 17.4 Å². The third-order valence-corrected chi connectivity index (χ3v) is 4.32. The van der Waals surface area contributed by atoms with Gasteiger partial charge in [-0.1, -0.05) is 42.8 Å². The fourth-order valence-electron chi connectivity index (χ4n) is 2.82. The van der Waals surface area contributed by atoms with Gasteiger partial charge in [0.1, 0.15) is 0 Å². The maximum absolute atomic E-state index is 12.5. The Balaban J connectivity index is 1.80. The van der Waals surface area contributed by atoms with Crippen LogP contribution in [0.1, 0.15) is 34.0 Å². The largest absolute Gasteiger partial charge is 0.354 e. The summed E-state index contributed by atoms with van der Waals surface area (Å²) in [7, 11) is 0. The molecule has 1 aromatic heterocycles. The van der Waals surface area contributed by atoms with Crippen LogP contribution < -0.4 is 10.6 Å². The SMILES string of the molecule is CCc1cccc(C)c1Nc1cncc(C(=O)Nc2ccc(C)cc2)c1. The predicted octanol–water partition coefficient (Wildman–Crippen LogP) is 5.26. The minimum Gasteiger partial charge on any atom is -0.354 e. The van der Waals surface area contributed by atoms with E-state index in [0.717, 1.165) is 29.0 Å². The first-order valence-corrected chi connectivity index (χ1v) is 8.75. The molecule has 0 aliphatic carbocycles. The second-order valence-electron chi connectivity index (χ2n) is 6.37. The van der Waals surface area contributed by atoms with Gasteiger partial charge in [0, 0.05) is 17.6 Å². The van der Waals surface area contributed by atoms with Crippen molar-refractivity contribution in [3.05, 3.63) is 83.2 Å². The lowest BCUT2D eigenvalue weighted by atomic mass is 10.1. The number of amides is 1. The summed E-state index contributed by atoms with van der Waals surface area (Å²) in [6, 6.07) is 15.8. The molecule has 3 aromatic rings. The number of aromatic nitrogens is 1. The molecule has 2 N–H and O–H groups in total. The molecule has 2 aromatic carbocycles. The van der Waals surface area contributed by atoms with Gasteiger partial charge in [0.15, 0.2) is 0 Å². The van der Waals surface area contributed by atoms with E-state index in [4.69, 9.17) is 0 Å². The third-order valence-electron chi connectivity index (χ3n) is 4.32.